The van der Waals surface area contributed by atoms with Gasteiger partial charge < -0.3 is 11.1 Å². The van der Waals surface area contributed by atoms with Crippen molar-refractivity contribution < 1.29 is 13.8 Å². The number of primary amides is 1. The SMILES string of the molecule is CC(C)(C)c1ccc(C(=O)N[C@H](CC[S@@](=O)c2ccccc2)C(N)=O)cc1. The van der Waals surface area contributed by atoms with Gasteiger partial charge in [0.2, 0.25) is 5.91 Å². The summed E-state index contributed by atoms with van der Waals surface area (Å²) in [6.07, 6.45) is 0.211. The van der Waals surface area contributed by atoms with Crippen molar-refractivity contribution in [3.63, 3.8) is 0 Å². The predicted octanol–water partition coefficient (Wildman–Crippen LogP) is 2.77. The van der Waals surface area contributed by atoms with E-state index in [0.29, 0.717) is 10.5 Å². The number of carbonyl (C=O) groups excluding carboxylic acids is 2. The van der Waals surface area contributed by atoms with Crippen LogP contribution in [0.15, 0.2) is 59.5 Å². The highest BCUT2D eigenvalue weighted by Gasteiger charge is 2.21. The van der Waals surface area contributed by atoms with Crippen molar-refractivity contribution in [2.24, 2.45) is 5.73 Å². The van der Waals surface area contributed by atoms with E-state index in [1.54, 1.807) is 24.3 Å². The first kappa shape index (κ1) is 20.8. The Morgan fingerprint density at radius 2 is 1.63 bits per heavy atom. The molecule has 6 heteroatoms. The Kier molecular flexibility index (Phi) is 6.91. The molecule has 2 aromatic carbocycles. The van der Waals surface area contributed by atoms with Gasteiger partial charge >= 0.3 is 0 Å². The molecule has 2 rings (SSSR count). The van der Waals surface area contributed by atoms with Crippen LogP contribution in [0.5, 0.6) is 0 Å². The smallest absolute Gasteiger partial charge is 0.251 e. The van der Waals surface area contributed by atoms with Crippen LogP contribution in [0.3, 0.4) is 0 Å². The third kappa shape index (κ3) is 6.03. The van der Waals surface area contributed by atoms with Crippen LogP contribution in [0.25, 0.3) is 0 Å². The first-order valence-corrected chi connectivity index (χ1v) is 10.1. The van der Waals surface area contributed by atoms with Crippen LogP contribution in [0.4, 0.5) is 0 Å². The Morgan fingerprint density at radius 3 is 2.15 bits per heavy atom. The maximum Gasteiger partial charge on any atom is 0.251 e. The number of hydrogen-bond donors (Lipinski definition) is 2. The van der Waals surface area contributed by atoms with Gasteiger partial charge in [0.1, 0.15) is 6.04 Å². The Hall–Kier alpha value is -2.47. The molecule has 0 fully saturated rings. The van der Waals surface area contributed by atoms with Crippen LogP contribution >= 0.6 is 0 Å². The van der Waals surface area contributed by atoms with Crippen LogP contribution in [-0.4, -0.2) is 27.8 Å². The fourth-order valence-corrected chi connectivity index (χ4v) is 3.71. The topological polar surface area (TPSA) is 89.3 Å². The molecular weight excluding hydrogens is 360 g/mol. The second kappa shape index (κ2) is 8.95. The predicted molar refractivity (Wildman–Crippen MR) is 108 cm³/mol. The molecule has 3 N–H and O–H groups in total. The summed E-state index contributed by atoms with van der Waals surface area (Å²) in [5.41, 5.74) is 6.98. The summed E-state index contributed by atoms with van der Waals surface area (Å²) in [6, 6.07) is 15.4. The summed E-state index contributed by atoms with van der Waals surface area (Å²) in [5, 5.41) is 2.65. The van der Waals surface area contributed by atoms with Gasteiger partial charge in [-0.2, -0.15) is 0 Å². The lowest BCUT2D eigenvalue weighted by Crippen LogP contribution is -2.45. The molecule has 2 amide bonds. The van der Waals surface area contributed by atoms with Crippen molar-refractivity contribution in [1.82, 2.24) is 5.32 Å². The second-order valence-corrected chi connectivity index (χ2v) is 8.98. The highest BCUT2D eigenvalue weighted by atomic mass is 32.2. The molecule has 5 nitrogen and oxygen atoms in total. The van der Waals surface area contributed by atoms with Crippen molar-refractivity contribution >= 4 is 22.6 Å². The zero-order valence-corrected chi connectivity index (χ0v) is 16.7. The molecule has 0 saturated heterocycles. The van der Waals surface area contributed by atoms with Crippen molar-refractivity contribution in [2.75, 3.05) is 5.75 Å². The molecule has 2 atom stereocenters. The molecule has 144 valence electrons. The quantitative estimate of drug-likeness (QED) is 0.767. The zero-order valence-electron chi connectivity index (χ0n) is 15.9. The van der Waals surface area contributed by atoms with Gasteiger partial charge in [0, 0.05) is 16.2 Å². The minimum atomic E-state index is -1.25. The van der Waals surface area contributed by atoms with Gasteiger partial charge in [0.25, 0.3) is 5.91 Å². The van der Waals surface area contributed by atoms with Gasteiger partial charge in [0.05, 0.1) is 10.8 Å². The van der Waals surface area contributed by atoms with Crippen molar-refractivity contribution in [2.45, 2.75) is 43.5 Å². The number of hydrogen-bond acceptors (Lipinski definition) is 3. The van der Waals surface area contributed by atoms with E-state index in [1.165, 1.54) is 0 Å². The maximum atomic E-state index is 12.4. The normalized spacial score (nSPS) is 13.6. The highest BCUT2D eigenvalue weighted by molar-refractivity contribution is 7.85. The third-order valence-corrected chi connectivity index (χ3v) is 5.66. The van der Waals surface area contributed by atoms with E-state index in [1.807, 2.05) is 30.3 Å². The first-order chi connectivity index (χ1) is 12.7. The lowest BCUT2D eigenvalue weighted by Gasteiger charge is -2.19. The summed E-state index contributed by atoms with van der Waals surface area (Å²) in [6.45, 7) is 6.29. The molecule has 0 radical (unpaired) electrons. The molecule has 0 saturated carbocycles. The minimum Gasteiger partial charge on any atom is -0.368 e. The molecule has 0 aliphatic heterocycles. The van der Waals surface area contributed by atoms with Crippen molar-refractivity contribution in [3.8, 4) is 0 Å². The number of amides is 2. The Balaban J connectivity index is 2.00. The van der Waals surface area contributed by atoms with E-state index in [2.05, 4.69) is 26.1 Å². The standard InChI is InChI=1S/C21H26N2O3S/c1-21(2,3)16-11-9-15(10-12-16)20(25)23-18(19(22)24)13-14-27(26)17-7-5-4-6-8-17/h4-12,18H,13-14H2,1-3H3,(H2,22,24)(H,23,25)/t18-,27-/m1/s1. The molecule has 0 aliphatic carbocycles. The second-order valence-electron chi connectivity index (χ2n) is 7.41. The van der Waals surface area contributed by atoms with Gasteiger partial charge in [-0.15, -0.1) is 0 Å². The number of carbonyl (C=O) groups is 2. The van der Waals surface area contributed by atoms with E-state index >= 15 is 0 Å². The molecule has 0 unspecified atom stereocenters. The van der Waals surface area contributed by atoms with Gasteiger partial charge in [-0.1, -0.05) is 51.1 Å². The zero-order chi connectivity index (χ0) is 20.0. The summed E-state index contributed by atoms with van der Waals surface area (Å²) in [4.78, 5) is 24.8. The van der Waals surface area contributed by atoms with Gasteiger partial charge in [-0.25, -0.2) is 0 Å². The van der Waals surface area contributed by atoms with Crippen molar-refractivity contribution in [3.05, 3.63) is 65.7 Å². The molecule has 0 aromatic heterocycles. The largest absolute Gasteiger partial charge is 0.368 e. The summed E-state index contributed by atoms with van der Waals surface area (Å²) >= 11 is 0. The Labute approximate surface area is 162 Å². The maximum absolute atomic E-state index is 12.4. The van der Waals surface area contributed by atoms with Crippen molar-refractivity contribution in [1.29, 1.82) is 0 Å². The lowest BCUT2D eigenvalue weighted by atomic mass is 9.86. The highest BCUT2D eigenvalue weighted by Crippen LogP contribution is 2.22. The van der Waals surface area contributed by atoms with E-state index in [0.717, 1.165) is 5.56 Å². The Morgan fingerprint density at radius 1 is 1.04 bits per heavy atom. The number of nitrogens with two attached hydrogens (primary N) is 1. The summed E-state index contributed by atoms with van der Waals surface area (Å²) in [7, 11) is -1.25. The van der Waals surface area contributed by atoms with Gasteiger partial charge in [0.15, 0.2) is 0 Å². The van der Waals surface area contributed by atoms with Crippen LogP contribution in [0, 0.1) is 0 Å². The average Bonchev–Trinajstić information content (AvgIpc) is 2.64. The van der Waals surface area contributed by atoms with E-state index in [-0.39, 0.29) is 23.5 Å². The number of nitrogens with one attached hydrogen (secondary N) is 1. The summed E-state index contributed by atoms with van der Waals surface area (Å²) in [5.74, 6) is -0.773. The van der Waals surface area contributed by atoms with Crippen LogP contribution in [-0.2, 0) is 21.0 Å². The first-order valence-electron chi connectivity index (χ1n) is 8.82. The number of rotatable bonds is 7. The molecule has 0 aliphatic rings. The molecule has 27 heavy (non-hydrogen) atoms. The van der Waals surface area contributed by atoms with Crippen LogP contribution in [0.1, 0.15) is 43.1 Å². The molecule has 2 aromatic rings. The van der Waals surface area contributed by atoms with E-state index in [4.69, 9.17) is 5.73 Å². The lowest BCUT2D eigenvalue weighted by molar-refractivity contribution is -0.119. The van der Waals surface area contributed by atoms with E-state index in [9.17, 15) is 13.8 Å². The summed E-state index contributed by atoms with van der Waals surface area (Å²) < 4.78 is 12.3. The van der Waals surface area contributed by atoms with E-state index < -0.39 is 22.7 Å². The van der Waals surface area contributed by atoms with Gasteiger partial charge in [-0.05, 0) is 41.7 Å². The van der Waals surface area contributed by atoms with Crippen LogP contribution < -0.4 is 11.1 Å². The average molecular weight is 387 g/mol. The molecular formula is C21H26N2O3S. The third-order valence-electron chi connectivity index (χ3n) is 4.26. The minimum absolute atomic E-state index is 0.00767. The molecule has 0 heterocycles. The molecule has 0 bridgehead atoms. The van der Waals surface area contributed by atoms with Gasteiger partial charge in [-0.3, -0.25) is 13.8 Å². The fourth-order valence-electron chi connectivity index (χ4n) is 2.56. The van der Waals surface area contributed by atoms with Crippen LogP contribution in [0.2, 0.25) is 0 Å². The fraction of sp³-hybridized carbons (Fsp3) is 0.333. The number of benzene rings is 2. The monoisotopic (exact) mass is 386 g/mol. The Bertz CT molecular complexity index is 812. The molecule has 0 spiro atoms.